The molecule has 140 valence electrons. The lowest BCUT2D eigenvalue weighted by Crippen LogP contribution is -2.46. The quantitative estimate of drug-likeness (QED) is 0.867. The van der Waals surface area contributed by atoms with E-state index in [1.165, 1.54) is 19.2 Å². The summed E-state index contributed by atoms with van der Waals surface area (Å²) in [5.41, 5.74) is 7.62. The Labute approximate surface area is 151 Å². The molecule has 2 heterocycles. The average molecular weight is 380 g/mol. The number of amides is 1. The zero-order chi connectivity index (χ0) is 19.4. The molecule has 26 heavy (non-hydrogen) atoms. The van der Waals surface area contributed by atoms with Gasteiger partial charge < -0.3 is 5.73 Å². The van der Waals surface area contributed by atoms with Gasteiger partial charge in [-0.25, -0.2) is 12.8 Å². The van der Waals surface area contributed by atoms with Crippen molar-refractivity contribution >= 4 is 15.9 Å². The normalized spacial score (nSPS) is 18.0. The predicted molar refractivity (Wildman–Crippen MR) is 93.4 cm³/mol. The van der Waals surface area contributed by atoms with Gasteiger partial charge >= 0.3 is 0 Å². The summed E-state index contributed by atoms with van der Waals surface area (Å²) in [6.45, 7) is 4.70. The predicted octanol–water partition coefficient (Wildman–Crippen LogP) is 1.26. The number of sulfonamides is 1. The molecule has 1 amide bonds. The minimum absolute atomic E-state index is 0.0442. The number of fused-ring (bicyclic) bond motifs is 1. The highest BCUT2D eigenvalue weighted by molar-refractivity contribution is 7.89. The van der Waals surface area contributed by atoms with Crippen molar-refractivity contribution in [3.8, 4) is 0 Å². The molecule has 0 radical (unpaired) electrons. The first-order valence-electron chi connectivity index (χ1n) is 8.15. The van der Waals surface area contributed by atoms with Gasteiger partial charge in [0.1, 0.15) is 11.9 Å². The fourth-order valence-corrected chi connectivity index (χ4v) is 5.73. The third-order valence-corrected chi connectivity index (χ3v) is 7.04. The Hall–Kier alpha value is -2.26. The lowest BCUT2D eigenvalue weighted by Gasteiger charge is -2.33. The average Bonchev–Trinajstić information content (AvgIpc) is 2.92. The molecule has 1 aliphatic heterocycles. The van der Waals surface area contributed by atoms with Crippen LogP contribution in [0.15, 0.2) is 17.2 Å². The lowest BCUT2D eigenvalue weighted by molar-refractivity contribution is -0.122. The first kappa shape index (κ1) is 18.5. The van der Waals surface area contributed by atoms with Crippen molar-refractivity contribution in [1.82, 2.24) is 14.1 Å². The summed E-state index contributed by atoms with van der Waals surface area (Å²) in [6, 6.07) is 0.328. The fraction of sp³-hybridized carbons (Fsp3) is 0.412. The standard InChI is InChI=1S/C17H21FN4O3S/c1-9-7-10(2)16(11(3)14(9)18)26(24,25)22-6-5-13-12(8-20-21(13)4)15(22)17(19)23/h7-8,15H,5-6H2,1-4H3,(H2,19,23). The van der Waals surface area contributed by atoms with Crippen molar-refractivity contribution < 1.29 is 17.6 Å². The summed E-state index contributed by atoms with van der Waals surface area (Å²) in [7, 11) is -2.41. The van der Waals surface area contributed by atoms with Gasteiger partial charge in [0, 0.05) is 36.8 Å². The van der Waals surface area contributed by atoms with Crippen molar-refractivity contribution in [2.75, 3.05) is 6.54 Å². The van der Waals surface area contributed by atoms with Crippen molar-refractivity contribution in [3.05, 3.63) is 46.0 Å². The number of nitrogens with zero attached hydrogens (tertiary/aromatic N) is 3. The molecule has 2 aromatic rings. The van der Waals surface area contributed by atoms with Crippen LogP contribution in [0.1, 0.15) is 34.0 Å². The van der Waals surface area contributed by atoms with Gasteiger partial charge in [0.25, 0.3) is 0 Å². The van der Waals surface area contributed by atoms with E-state index >= 15 is 0 Å². The van der Waals surface area contributed by atoms with Crippen LogP contribution in [0.25, 0.3) is 0 Å². The van der Waals surface area contributed by atoms with Gasteiger partial charge in [0.15, 0.2) is 0 Å². The van der Waals surface area contributed by atoms with Crippen LogP contribution in [-0.4, -0.2) is 35.0 Å². The van der Waals surface area contributed by atoms with Crippen molar-refractivity contribution in [2.24, 2.45) is 12.8 Å². The summed E-state index contributed by atoms with van der Waals surface area (Å²) in [5, 5.41) is 4.11. The number of hydrogen-bond acceptors (Lipinski definition) is 4. The van der Waals surface area contributed by atoms with Gasteiger partial charge in [-0.3, -0.25) is 9.48 Å². The molecule has 1 aromatic heterocycles. The van der Waals surface area contributed by atoms with Crippen LogP contribution in [0.3, 0.4) is 0 Å². The first-order chi connectivity index (χ1) is 12.1. The van der Waals surface area contributed by atoms with Gasteiger partial charge in [0.2, 0.25) is 15.9 Å². The van der Waals surface area contributed by atoms with E-state index in [1.807, 2.05) is 0 Å². The van der Waals surface area contributed by atoms with Gasteiger partial charge in [-0.2, -0.15) is 9.40 Å². The second-order valence-electron chi connectivity index (χ2n) is 6.62. The highest BCUT2D eigenvalue weighted by Crippen LogP contribution is 2.36. The lowest BCUT2D eigenvalue weighted by atomic mass is 10.0. The van der Waals surface area contributed by atoms with Crippen molar-refractivity contribution in [1.29, 1.82) is 0 Å². The molecule has 0 spiro atoms. The first-order valence-corrected chi connectivity index (χ1v) is 9.59. The molecule has 0 bridgehead atoms. The summed E-state index contributed by atoms with van der Waals surface area (Å²) in [5.74, 6) is -1.35. The maximum atomic E-state index is 14.4. The van der Waals surface area contributed by atoms with Crippen molar-refractivity contribution in [2.45, 2.75) is 38.1 Å². The third-order valence-electron chi connectivity index (χ3n) is 4.89. The molecule has 3 rings (SSSR count). The second-order valence-corrected chi connectivity index (χ2v) is 8.45. The number of rotatable bonds is 3. The Morgan fingerprint density at radius 1 is 1.31 bits per heavy atom. The molecule has 7 nitrogen and oxygen atoms in total. The number of nitrogens with two attached hydrogens (primary N) is 1. The molecule has 1 aliphatic rings. The smallest absolute Gasteiger partial charge is 0.244 e. The zero-order valence-corrected chi connectivity index (χ0v) is 15.9. The summed E-state index contributed by atoms with van der Waals surface area (Å²) >= 11 is 0. The number of aryl methyl sites for hydroxylation is 3. The molecule has 1 unspecified atom stereocenters. The minimum Gasteiger partial charge on any atom is -0.368 e. The van der Waals surface area contributed by atoms with Crippen LogP contribution >= 0.6 is 0 Å². The Kier molecular flexibility index (Phi) is 4.40. The topological polar surface area (TPSA) is 98.3 Å². The largest absolute Gasteiger partial charge is 0.368 e. The number of hydrogen-bond donors (Lipinski definition) is 1. The number of benzene rings is 1. The maximum Gasteiger partial charge on any atom is 0.244 e. The molecular weight excluding hydrogens is 359 g/mol. The van der Waals surface area contributed by atoms with Gasteiger partial charge in [-0.1, -0.05) is 6.07 Å². The molecule has 0 fully saturated rings. The molecule has 9 heteroatoms. The summed E-state index contributed by atoms with van der Waals surface area (Å²) in [6.07, 6.45) is 1.85. The molecule has 1 aromatic carbocycles. The zero-order valence-electron chi connectivity index (χ0n) is 15.1. The second kappa shape index (κ2) is 6.17. The van der Waals surface area contributed by atoms with E-state index in [9.17, 15) is 17.6 Å². The Morgan fingerprint density at radius 3 is 2.58 bits per heavy atom. The number of carbonyl (C=O) groups excluding carboxylic acids is 1. The van der Waals surface area contributed by atoms with E-state index in [1.54, 1.807) is 25.6 Å². The number of halogens is 1. The molecule has 0 saturated heterocycles. The minimum atomic E-state index is -4.13. The molecule has 1 atom stereocenters. The van der Waals surface area contributed by atoms with Gasteiger partial charge in [0.05, 0.1) is 11.1 Å². The van der Waals surface area contributed by atoms with Gasteiger partial charge in [-0.05, 0) is 31.9 Å². The Morgan fingerprint density at radius 2 is 1.96 bits per heavy atom. The highest BCUT2D eigenvalue weighted by atomic mass is 32.2. The van der Waals surface area contributed by atoms with Crippen LogP contribution in [0.2, 0.25) is 0 Å². The van der Waals surface area contributed by atoms with E-state index in [-0.39, 0.29) is 17.0 Å². The maximum absolute atomic E-state index is 14.4. The highest BCUT2D eigenvalue weighted by Gasteiger charge is 2.42. The van der Waals surface area contributed by atoms with Gasteiger partial charge in [-0.15, -0.1) is 0 Å². The van der Waals surface area contributed by atoms with E-state index in [4.69, 9.17) is 5.73 Å². The van der Waals surface area contributed by atoms with Crippen LogP contribution in [0, 0.1) is 26.6 Å². The molecule has 0 saturated carbocycles. The third kappa shape index (κ3) is 2.62. The fourth-order valence-electron chi connectivity index (χ4n) is 3.73. The van der Waals surface area contributed by atoms with Crippen LogP contribution in [-0.2, 0) is 28.3 Å². The summed E-state index contributed by atoms with van der Waals surface area (Å²) < 4.78 is 43.7. The SMILES string of the molecule is Cc1cc(C)c(S(=O)(=O)N2CCc3c(cnn3C)C2C(N)=O)c(C)c1F. The number of aromatic nitrogens is 2. The van der Waals surface area contributed by atoms with E-state index < -0.39 is 27.8 Å². The van der Waals surface area contributed by atoms with Crippen LogP contribution in [0.5, 0.6) is 0 Å². The van der Waals surface area contributed by atoms with Crippen LogP contribution < -0.4 is 5.73 Å². The molecule has 0 aliphatic carbocycles. The monoisotopic (exact) mass is 380 g/mol. The van der Waals surface area contributed by atoms with Crippen LogP contribution in [0.4, 0.5) is 4.39 Å². The van der Waals surface area contributed by atoms with E-state index in [0.29, 0.717) is 23.1 Å². The Balaban J connectivity index is 2.20. The van der Waals surface area contributed by atoms with Crippen molar-refractivity contribution in [3.63, 3.8) is 0 Å². The Bertz CT molecular complexity index is 1010. The number of carbonyl (C=O) groups is 1. The van der Waals surface area contributed by atoms with E-state index in [2.05, 4.69) is 5.10 Å². The molecule has 2 N–H and O–H groups in total. The summed E-state index contributed by atoms with van der Waals surface area (Å²) in [4.78, 5) is 12.0. The van der Waals surface area contributed by atoms with E-state index in [0.717, 1.165) is 10.00 Å². The number of primary amides is 1. The molecular formula is C17H21FN4O3S.